The second-order valence-electron chi connectivity index (χ2n) is 3.94. The molecule has 2 heterocycles. The van der Waals surface area contributed by atoms with E-state index in [0.717, 1.165) is 10.9 Å². The van der Waals surface area contributed by atoms with Crippen molar-refractivity contribution < 1.29 is 4.74 Å². The zero-order chi connectivity index (χ0) is 13.1. The lowest BCUT2D eigenvalue weighted by atomic mass is 10.2. The molecular weight excluding hydrogens is 262 g/mol. The van der Waals surface area contributed by atoms with Crippen molar-refractivity contribution in [2.24, 2.45) is 0 Å². The molecule has 0 saturated carbocycles. The SMILES string of the molecule is ClCc1cnc(Oc2ccc3cccnc3c2)cn1. The Morgan fingerprint density at radius 3 is 2.79 bits per heavy atom. The molecule has 5 heteroatoms. The Hall–Kier alpha value is -2.20. The van der Waals surface area contributed by atoms with E-state index in [1.807, 2.05) is 30.3 Å². The fraction of sp³-hybridized carbons (Fsp3) is 0.0714. The van der Waals surface area contributed by atoms with Gasteiger partial charge in [-0.2, -0.15) is 0 Å². The summed E-state index contributed by atoms with van der Waals surface area (Å²) in [5.74, 6) is 1.45. The van der Waals surface area contributed by atoms with E-state index in [1.165, 1.54) is 0 Å². The number of halogens is 1. The van der Waals surface area contributed by atoms with Gasteiger partial charge in [-0.25, -0.2) is 4.98 Å². The van der Waals surface area contributed by atoms with E-state index in [4.69, 9.17) is 16.3 Å². The van der Waals surface area contributed by atoms with Crippen LogP contribution in [-0.2, 0) is 5.88 Å². The fourth-order valence-electron chi connectivity index (χ4n) is 1.70. The molecular formula is C14H10ClN3O. The Labute approximate surface area is 115 Å². The van der Waals surface area contributed by atoms with Crippen LogP contribution in [0.5, 0.6) is 11.6 Å². The van der Waals surface area contributed by atoms with E-state index in [9.17, 15) is 0 Å². The average Bonchev–Trinajstić information content (AvgIpc) is 2.48. The van der Waals surface area contributed by atoms with Gasteiger partial charge in [0.05, 0.1) is 29.5 Å². The van der Waals surface area contributed by atoms with Crippen molar-refractivity contribution >= 4 is 22.5 Å². The van der Waals surface area contributed by atoms with Gasteiger partial charge >= 0.3 is 0 Å². The summed E-state index contributed by atoms with van der Waals surface area (Å²) in [6.45, 7) is 0. The zero-order valence-electron chi connectivity index (χ0n) is 9.95. The highest BCUT2D eigenvalue weighted by atomic mass is 35.5. The molecule has 94 valence electrons. The third-order valence-electron chi connectivity index (χ3n) is 2.62. The van der Waals surface area contributed by atoms with Crippen molar-refractivity contribution in [3.63, 3.8) is 0 Å². The van der Waals surface area contributed by atoms with Crippen LogP contribution in [0.2, 0.25) is 0 Å². The Balaban J connectivity index is 1.87. The number of ether oxygens (including phenoxy) is 1. The van der Waals surface area contributed by atoms with E-state index >= 15 is 0 Å². The molecule has 3 rings (SSSR count). The van der Waals surface area contributed by atoms with Crippen molar-refractivity contribution in [3.05, 3.63) is 54.6 Å². The lowest BCUT2D eigenvalue weighted by molar-refractivity contribution is 0.460. The van der Waals surface area contributed by atoms with Crippen molar-refractivity contribution in [2.45, 2.75) is 5.88 Å². The summed E-state index contributed by atoms with van der Waals surface area (Å²) in [6, 6.07) is 9.60. The molecule has 0 aliphatic rings. The average molecular weight is 272 g/mol. The molecule has 0 radical (unpaired) electrons. The van der Waals surface area contributed by atoms with Gasteiger partial charge in [0, 0.05) is 17.6 Å². The first-order valence-electron chi connectivity index (χ1n) is 5.75. The van der Waals surface area contributed by atoms with Gasteiger partial charge in [0.15, 0.2) is 0 Å². The second kappa shape index (κ2) is 5.20. The lowest BCUT2D eigenvalue weighted by Crippen LogP contribution is -1.92. The molecule has 0 saturated heterocycles. The topological polar surface area (TPSA) is 47.9 Å². The van der Waals surface area contributed by atoms with Crippen molar-refractivity contribution in [1.82, 2.24) is 15.0 Å². The summed E-state index contributed by atoms with van der Waals surface area (Å²) in [6.07, 6.45) is 4.91. The van der Waals surface area contributed by atoms with Crippen LogP contribution in [0.15, 0.2) is 48.9 Å². The minimum Gasteiger partial charge on any atom is -0.437 e. The monoisotopic (exact) mass is 271 g/mol. The highest BCUT2D eigenvalue weighted by Gasteiger charge is 2.02. The van der Waals surface area contributed by atoms with E-state index in [-0.39, 0.29) is 0 Å². The van der Waals surface area contributed by atoms with Crippen LogP contribution >= 0.6 is 11.6 Å². The quantitative estimate of drug-likeness (QED) is 0.684. The second-order valence-corrected chi connectivity index (χ2v) is 4.21. The fourth-order valence-corrected chi connectivity index (χ4v) is 1.83. The summed E-state index contributed by atoms with van der Waals surface area (Å²) >= 11 is 5.65. The summed E-state index contributed by atoms with van der Waals surface area (Å²) in [5.41, 5.74) is 1.60. The molecule has 0 spiro atoms. The summed E-state index contributed by atoms with van der Waals surface area (Å²) in [5, 5.41) is 1.07. The minimum atomic E-state index is 0.340. The Bertz CT molecular complexity index is 700. The normalized spacial score (nSPS) is 10.6. The number of nitrogens with zero attached hydrogens (tertiary/aromatic N) is 3. The van der Waals surface area contributed by atoms with Gasteiger partial charge in [0.2, 0.25) is 5.88 Å². The Kier molecular flexibility index (Phi) is 3.25. The maximum atomic E-state index is 5.65. The minimum absolute atomic E-state index is 0.340. The van der Waals surface area contributed by atoms with Crippen molar-refractivity contribution in [1.29, 1.82) is 0 Å². The van der Waals surface area contributed by atoms with E-state index in [0.29, 0.717) is 23.2 Å². The first-order chi connectivity index (χ1) is 9.35. The van der Waals surface area contributed by atoms with Gasteiger partial charge in [-0.1, -0.05) is 6.07 Å². The van der Waals surface area contributed by atoms with Gasteiger partial charge in [-0.3, -0.25) is 9.97 Å². The van der Waals surface area contributed by atoms with Gasteiger partial charge in [-0.15, -0.1) is 11.6 Å². The van der Waals surface area contributed by atoms with Crippen LogP contribution < -0.4 is 4.74 Å². The molecule has 0 atom stereocenters. The van der Waals surface area contributed by atoms with Crippen molar-refractivity contribution in [3.8, 4) is 11.6 Å². The predicted octanol–water partition coefficient (Wildman–Crippen LogP) is 3.56. The van der Waals surface area contributed by atoms with Gasteiger partial charge in [0.25, 0.3) is 0 Å². The van der Waals surface area contributed by atoms with E-state index in [1.54, 1.807) is 18.6 Å². The number of alkyl halides is 1. The molecule has 1 aromatic carbocycles. The molecule has 0 unspecified atom stereocenters. The van der Waals surface area contributed by atoms with Crippen LogP contribution in [-0.4, -0.2) is 15.0 Å². The third kappa shape index (κ3) is 2.63. The van der Waals surface area contributed by atoms with Gasteiger partial charge in [-0.05, 0) is 18.2 Å². The zero-order valence-corrected chi connectivity index (χ0v) is 10.7. The predicted molar refractivity (Wildman–Crippen MR) is 73.4 cm³/mol. The summed E-state index contributed by atoms with van der Waals surface area (Å²) < 4.78 is 5.63. The third-order valence-corrected chi connectivity index (χ3v) is 2.89. The molecule has 0 aliphatic carbocycles. The van der Waals surface area contributed by atoms with Crippen LogP contribution in [0.3, 0.4) is 0 Å². The summed E-state index contributed by atoms with van der Waals surface area (Å²) in [7, 11) is 0. The number of rotatable bonds is 3. The standard InChI is InChI=1S/C14H10ClN3O/c15-7-11-8-18-14(9-17-11)19-12-4-3-10-2-1-5-16-13(10)6-12/h1-6,8-9H,7H2. The molecule has 3 aromatic rings. The van der Waals surface area contributed by atoms with Crippen LogP contribution in [0.25, 0.3) is 10.9 Å². The number of benzene rings is 1. The maximum Gasteiger partial charge on any atom is 0.237 e. The van der Waals surface area contributed by atoms with Gasteiger partial charge < -0.3 is 4.74 Å². The molecule has 4 nitrogen and oxygen atoms in total. The molecule has 0 aliphatic heterocycles. The van der Waals surface area contributed by atoms with Crippen LogP contribution in [0.1, 0.15) is 5.69 Å². The highest BCUT2D eigenvalue weighted by molar-refractivity contribution is 6.16. The summed E-state index contributed by atoms with van der Waals surface area (Å²) in [4.78, 5) is 12.5. The Morgan fingerprint density at radius 1 is 1.05 bits per heavy atom. The number of hydrogen-bond donors (Lipinski definition) is 0. The van der Waals surface area contributed by atoms with Gasteiger partial charge in [0.1, 0.15) is 5.75 Å². The molecule has 0 N–H and O–H groups in total. The molecule has 2 aromatic heterocycles. The van der Waals surface area contributed by atoms with Crippen LogP contribution in [0, 0.1) is 0 Å². The number of hydrogen-bond acceptors (Lipinski definition) is 4. The molecule has 0 fully saturated rings. The highest BCUT2D eigenvalue weighted by Crippen LogP contribution is 2.22. The van der Waals surface area contributed by atoms with E-state index < -0.39 is 0 Å². The number of fused-ring (bicyclic) bond motifs is 1. The first kappa shape index (κ1) is 11.9. The number of pyridine rings is 1. The van der Waals surface area contributed by atoms with E-state index in [2.05, 4.69) is 15.0 Å². The first-order valence-corrected chi connectivity index (χ1v) is 6.28. The molecule has 0 bridgehead atoms. The molecule has 19 heavy (non-hydrogen) atoms. The number of aromatic nitrogens is 3. The van der Waals surface area contributed by atoms with Crippen molar-refractivity contribution in [2.75, 3.05) is 0 Å². The molecule has 0 amide bonds. The largest absolute Gasteiger partial charge is 0.437 e. The lowest BCUT2D eigenvalue weighted by Gasteiger charge is -2.05. The smallest absolute Gasteiger partial charge is 0.237 e. The van der Waals surface area contributed by atoms with Crippen LogP contribution in [0.4, 0.5) is 0 Å². The maximum absolute atomic E-state index is 5.65. The Morgan fingerprint density at radius 2 is 2.00 bits per heavy atom.